The molecule has 1 amide bonds. The number of aromatic nitrogens is 1. The molecule has 0 aliphatic rings. The summed E-state index contributed by atoms with van der Waals surface area (Å²) in [6, 6.07) is 3.72. The van der Waals surface area contributed by atoms with Crippen molar-refractivity contribution < 1.29 is 9.18 Å². The first kappa shape index (κ1) is 14.5. The smallest absolute Gasteiger partial charge is 0.269 e. The van der Waals surface area contributed by atoms with Crippen LogP contribution in [0.3, 0.4) is 0 Å². The molecule has 0 spiro atoms. The first-order valence-corrected chi connectivity index (χ1v) is 6.78. The van der Waals surface area contributed by atoms with Crippen LogP contribution in [0.4, 0.5) is 21.0 Å². The molecule has 1 aromatic carbocycles. The predicted molar refractivity (Wildman–Crippen MR) is 80.2 cm³/mol. The second-order valence-electron chi connectivity index (χ2n) is 4.18. The van der Waals surface area contributed by atoms with Crippen molar-refractivity contribution in [3.8, 4) is 0 Å². The van der Waals surface area contributed by atoms with Crippen molar-refractivity contribution in [2.75, 3.05) is 30.0 Å². The number of amides is 1. The number of hydrogen-bond acceptors (Lipinski definition) is 5. The highest BCUT2D eigenvalue weighted by Crippen LogP contribution is 2.29. The third kappa shape index (κ3) is 3.00. The number of nitrogens with one attached hydrogen (secondary N) is 1. The van der Waals surface area contributed by atoms with Gasteiger partial charge in [0.05, 0.1) is 10.7 Å². The van der Waals surface area contributed by atoms with Crippen molar-refractivity contribution in [1.29, 1.82) is 0 Å². The zero-order valence-electron chi connectivity index (χ0n) is 10.8. The van der Waals surface area contributed by atoms with Crippen molar-refractivity contribution in [2.24, 2.45) is 0 Å². The number of nitrogens with zero attached hydrogens (tertiary/aromatic N) is 2. The van der Waals surface area contributed by atoms with Gasteiger partial charge in [-0.05, 0) is 18.2 Å². The molecule has 0 aliphatic carbocycles. The van der Waals surface area contributed by atoms with Crippen LogP contribution in [0.2, 0.25) is 5.02 Å². The van der Waals surface area contributed by atoms with Crippen LogP contribution in [0.15, 0.2) is 18.2 Å². The molecule has 3 N–H and O–H groups in total. The Labute approximate surface area is 124 Å². The van der Waals surface area contributed by atoms with Gasteiger partial charge in [-0.2, -0.15) is 0 Å². The molecular formula is C12H12ClFN4OS. The third-order valence-electron chi connectivity index (χ3n) is 2.41. The van der Waals surface area contributed by atoms with E-state index >= 15 is 0 Å². The molecule has 0 atom stereocenters. The average molecular weight is 315 g/mol. The van der Waals surface area contributed by atoms with Gasteiger partial charge in [0.25, 0.3) is 5.91 Å². The van der Waals surface area contributed by atoms with E-state index in [9.17, 15) is 9.18 Å². The lowest BCUT2D eigenvalue weighted by Crippen LogP contribution is -2.12. The van der Waals surface area contributed by atoms with Gasteiger partial charge in [-0.3, -0.25) is 4.79 Å². The molecule has 1 heterocycles. The lowest BCUT2D eigenvalue weighted by Gasteiger charge is -2.06. The fraction of sp³-hybridized carbons (Fsp3) is 0.167. The zero-order valence-corrected chi connectivity index (χ0v) is 12.3. The summed E-state index contributed by atoms with van der Waals surface area (Å²) in [6.45, 7) is 0. The Morgan fingerprint density at radius 1 is 1.50 bits per heavy atom. The summed E-state index contributed by atoms with van der Waals surface area (Å²) in [4.78, 5) is 18.2. The van der Waals surface area contributed by atoms with E-state index in [1.165, 1.54) is 12.1 Å². The molecule has 0 unspecified atom stereocenters. The van der Waals surface area contributed by atoms with E-state index in [1.807, 2.05) is 0 Å². The average Bonchev–Trinajstić information content (AvgIpc) is 2.75. The largest absolute Gasteiger partial charge is 0.382 e. The lowest BCUT2D eigenvalue weighted by atomic mass is 10.3. The second-order valence-corrected chi connectivity index (χ2v) is 5.57. The molecule has 8 heteroatoms. The summed E-state index contributed by atoms with van der Waals surface area (Å²) in [5.74, 6) is -0.753. The Kier molecular flexibility index (Phi) is 4.10. The van der Waals surface area contributed by atoms with Crippen LogP contribution in [0.5, 0.6) is 0 Å². The van der Waals surface area contributed by atoms with Gasteiger partial charge in [0, 0.05) is 14.1 Å². The van der Waals surface area contributed by atoms with Crippen LogP contribution in [0, 0.1) is 5.82 Å². The van der Waals surface area contributed by atoms with Gasteiger partial charge in [0.1, 0.15) is 16.5 Å². The molecule has 106 valence electrons. The Morgan fingerprint density at radius 3 is 2.75 bits per heavy atom. The third-order valence-corrected chi connectivity index (χ3v) is 3.96. The minimum Gasteiger partial charge on any atom is -0.382 e. The summed E-state index contributed by atoms with van der Waals surface area (Å²) >= 11 is 7.01. The van der Waals surface area contributed by atoms with Crippen molar-refractivity contribution >= 4 is 45.5 Å². The maximum absolute atomic E-state index is 12.9. The van der Waals surface area contributed by atoms with Crippen molar-refractivity contribution in [3.05, 3.63) is 33.9 Å². The highest BCUT2D eigenvalue weighted by atomic mass is 35.5. The van der Waals surface area contributed by atoms with Gasteiger partial charge >= 0.3 is 0 Å². The maximum Gasteiger partial charge on any atom is 0.269 e. The molecule has 0 fully saturated rings. The monoisotopic (exact) mass is 314 g/mol. The predicted octanol–water partition coefficient (Wildman–Crippen LogP) is 2.84. The van der Waals surface area contributed by atoms with E-state index < -0.39 is 11.7 Å². The van der Waals surface area contributed by atoms with Gasteiger partial charge in [-0.25, -0.2) is 9.37 Å². The summed E-state index contributed by atoms with van der Waals surface area (Å²) in [5.41, 5.74) is 6.03. The number of nitrogen functional groups attached to an aromatic ring is 1. The molecule has 2 rings (SSSR count). The Hall–Kier alpha value is -1.86. The van der Waals surface area contributed by atoms with E-state index in [0.717, 1.165) is 17.4 Å². The first-order valence-electron chi connectivity index (χ1n) is 5.58. The molecule has 0 saturated carbocycles. The standard InChI is InChI=1S/C12H12ClFN4OS/c1-18(2)12-17-10(15)9(20-12)11(19)16-8-4-3-6(14)5-7(8)13/h3-5H,15H2,1-2H3,(H,16,19). The van der Waals surface area contributed by atoms with E-state index in [-0.39, 0.29) is 15.7 Å². The zero-order chi connectivity index (χ0) is 14.9. The van der Waals surface area contributed by atoms with Crippen molar-refractivity contribution in [3.63, 3.8) is 0 Å². The van der Waals surface area contributed by atoms with Gasteiger partial charge in [0.2, 0.25) is 0 Å². The van der Waals surface area contributed by atoms with E-state index in [4.69, 9.17) is 17.3 Å². The number of thiazole rings is 1. The summed E-state index contributed by atoms with van der Waals surface area (Å²) < 4.78 is 12.9. The summed E-state index contributed by atoms with van der Waals surface area (Å²) in [7, 11) is 3.60. The molecule has 1 aromatic heterocycles. The molecule has 5 nitrogen and oxygen atoms in total. The highest BCUT2D eigenvalue weighted by Gasteiger charge is 2.18. The van der Waals surface area contributed by atoms with E-state index in [0.29, 0.717) is 10.8 Å². The Morgan fingerprint density at radius 2 is 2.20 bits per heavy atom. The van der Waals surface area contributed by atoms with Gasteiger partial charge < -0.3 is 16.0 Å². The lowest BCUT2D eigenvalue weighted by molar-refractivity contribution is 0.103. The van der Waals surface area contributed by atoms with Crippen LogP contribution in [-0.4, -0.2) is 25.0 Å². The number of benzene rings is 1. The fourth-order valence-corrected chi connectivity index (χ4v) is 2.46. The molecule has 0 aliphatic heterocycles. The summed E-state index contributed by atoms with van der Waals surface area (Å²) in [6.07, 6.45) is 0. The highest BCUT2D eigenvalue weighted by molar-refractivity contribution is 7.18. The normalized spacial score (nSPS) is 10.4. The van der Waals surface area contributed by atoms with Crippen LogP contribution >= 0.6 is 22.9 Å². The van der Waals surface area contributed by atoms with E-state index in [1.54, 1.807) is 19.0 Å². The molecule has 0 radical (unpaired) electrons. The number of carbonyl (C=O) groups is 1. The molecule has 20 heavy (non-hydrogen) atoms. The molecular weight excluding hydrogens is 303 g/mol. The van der Waals surface area contributed by atoms with E-state index in [2.05, 4.69) is 10.3 Å². The minimum atomic E-state index is -0.472. The van der Waals surface area contributed by atoms with Gasteiger partial charge in [-0.1, -0.05) is 22.9 Å². The number of hydrogen-bond donors (Lipinski definition) is 2. The van der Waals surface area contributed by atoms with Crippen molar-refractivity contribution in [2.45, 2.75) is 0 Å². The number of carbonyl (C=O) groups excluding carboxylic acids is 1. The molecule has 2 aromatic rings. The quantitative estimate of drug-likeness (QED) is 0.914. The molecule has 0 bridgehead atoms. The Balaban J connectivity index is 2.24. The Bertz CT molecular complexity index is 659. The number of rotatable bonds is 3. The van der Waals surface area contributed by atoms with Crippen LogP contribution in [0.25, 0.3) is 0 Å². The fourth-order valence-electron chi connectivity index (χ4n) is 1.44. The van der Waals surface area contributed by atoms with Crippen LogP contribution in [-0.2, 0) is 0 Å². The second kappa shape index (κ2) is 5.64. The number of anilines is 3. The van der Waals surface area contributed by atoms with Crippen LogP contribution < -0.4 is 16.0 Å². The number of nitrogens with two attached hydrogens (primary N) is 1. The van der Waals surface area contributed by atoms with Gasteiger partial charge in [0.15, 0.2) is 5.13 Å². The van der Waals surface area contributed by atoms with Crippen molar-refractivity contribution in [1.82, 2.24) is 4.98 Å². The topological polar surface area (TPSA) is 71.2 Å². The molecule has 0 saturated heterocycles. The minimum absolute atomic E-state index is 0.120. The summed E-state index contributed by atoms with van der Waals surface area (Å²) in [5, 5.41) is 3.32. The van der Waals surface area contributed by atoms with Crippen LogP contribution in [0.1, 0.15) is 9.67 Å². The number of halogens is 2. The van der Waals surface area contributed by atoms with Gasteiger partial charge in [-0.15, -0.1) is 0 Å². The maximum atomic E-state index is 12.9. The first-order chi connectivity index (χ1) is 9.38. The SMILES string of the molecule is CN(C)c1nc(N)c(C(=O)Nc2ccc(F)cc2Cl)s1.